The van der Waals surface area contributed by atoms with Crippen molar-refractivity contribution in [3.63, 3.8) is 0 Å². The number of nitriles is 1. The van der Waals surface area contributed by atoms with Gasteiger partial charge in [-0.15, -0.1) is 0 Å². The maximum Gasteiger partial charge on any atom is 0.219 e. The molecular formula is C25H32N4O3S. The molecule has 0 saturated carbocycles. The first-order valence-corrected chi connectivity index (χ1v) is 12.9. The average Bonchev–Trinajstić information content (AvgIpc) is 2.79. The van der Waals surface area contributed by atoms with Gasteiger partial charge in [0.1, 0.15) is 0 Å². The average molecular weight is 469 g/mol. The second-order valence-corrected chi connectivity index (χ2v) is 10.8. The highest BCUT2D eigenvalue weighted by atomic mass is 32.2. The van der Waals surface area contributed by atoms with Gasteiger partial charge in [-0.25, -0.2) is 8.42 Å². The summed E-state index contributed by atoms with van der Waals surface area (Å²) in [6.45, 7) is 8.80. The fourth-order valence-corrected chi connectivity index (χ4v) is 5.69. The molecule has 3 rings (SSSR count). The number of carbonyl (C=O) groups excluding carboxylic acids is 1. The van der Waals surface area contributed by atoms with Crippen LogP contribution in [0.25, 0.3) is 0 Å². The molecular weight excluding hydrogens is 436 g/mol. The number of hydrogen-bond acceptors (Lipinski definition) is 5. The van der Waals surface area contributed by atoms with Crippen LogP contribution in [0.4, 0.5) is 5.69 Å². The van der Waals surface area contributed by atoms with E-state index in [1.165, 1.54) is 4.31 Å². The Labute approximate surface area is 197 Å². The molecule has 0 aromatic heterocycles. The highest BCUT2D eigenvalue weighted by molar-refractivity contribution is 7.88. The van der Waals surface area contributed by atoms with Crippen molar-refractivity contribution >= 4 is 21.6 Å². The van der Waals surface area contributed by atoms with E-state index in [0.29, 0.717) is 43.9 Å². The van der Waals surface area contributed by atoms with Gasteiger partial charge in [-0.3, -0.25) is 4.79 Å². The predicted molar refractivity (Wildman–Crippen MR) is 130 cm³/mol. The van der Waals surface area contributed by atoms with Crippen LogP contribution < -0.4 is 4.90 Å². The van der Waals surface area contributed by atoms with Gasteiger partial charge in [-0.2, -0.15) is 9.57 Å². The lowest BCUT2D eigenvalue weighted by Gasteiger charge is -2.35. The van der Waals surface area contributed by atoms with E-state index in [1.54, 1.807) is 6.92 Å². The molecule has 1 aliphatic rings. The van der Waals surface area contributed by atoms with Crippen LogP contribution >= 0.6 is 0 Å². The Morgan fingerprint density at radius 3 is 2.33 bits per heavy atom. The maximum atomic E-state index is 13.2. The fourth-order valence-electron chi connectivity index (χ4n) is 4.03. The van der Waals surface area contributed by atoms with E-state index in [2.05, 4.69) is 11.0 Å². The summed E-state index contributed by atoms with van der Waals surface area (Å²) < 4.78 is 28.0. The van der Waals surface area contributed by atoms with Crippen molar-refractivity contribution in [3.8, 4) is 6.07 Å². The van der Waals surface area contributed by atoms with Crippen LogP contribution in [0.3, 0.4) is 0 Å². The zero-order valence-electron chi connectivity index (χ0n) is 19.6. The Morgan fingerprint density at radius 2 is 1.76 bits per heavy atom. The third-order valence-electron chi connectivity index (χ3n) is 5.80. The number of sulfonamides is 1. The molecule has 1 fully saturated rings. The fraction of sp³-hybridized carbons (Fsp3) is 0.440. The number of piperazine rings is 1. The van der Waals surface area contributed by atoms with Gasteiger partial charge in [0.25, 0.3) is 0 Å². The van der Waals surface area contributed by atoms with Crippen molar-refractivity contribution in [3.05, 3.63) is 65.2 Å². The minimum Gasteiger partial charge on any atom is -0.368 e. The van der Waals surface area contributed by atoms with Crippen LogP contribution in [0.1, 0.15) is 37.5 Å². The third-order valence-corrected chi connectivity index (χ3v) is 7.57. The Hall–Kier alpha value is -2.89. The van der Waals surface area contributed by atoms with Crippen molar-refractivity contribution in [2.24, 2.45) is 5.92 Å². The van der Waals surface area contributed by atoms with Gasteiger partial charge in [0.2, 0.25) is 15.9 Å². The molecule has 2 aromatic rings. The first-order valence-electron chi connectivity index (χ1n) is 11.2. The van der Waals surface area contributed by atoms with Gasteiger partial charge < -0.3 is 9.80 Å². The van der Waals surface area contributed by atoms with E-state index in [0.717, 1.165) is 11.3 Å². The highest BCUT2D eigenvalue weighted by Gasteiger charge is 2.25. The summed E-state index contributed by atoms with van der Waals surface area (Å²) in [5, 5.41) is 9.80. The van der Waals surface area contributed by atoms with Crippen LogP contribution in [0.5, 0.6) is 0 Å². The van der Waals surface area contributed by atoms with Gasteiger partial charge in [-0.05, 0) is 29.2 Å². The Kier molecular flexibility index (Phi) is 8.11. The number of hydrogen-bond donors (Lipinski definition) is 0. The van der Waals surface area contributed by atoms with E-state index in [-0.39, 0.29) is 24.1 Å². The number of amides is 1. The SMILES string of the molecule is CC(=O)N1CCN(c2ccc(CN(CC(C)C)S(=O)(=O)Cc3ccccc3)c(C#N)c2)CC1. The van der Waals surface area contributed by atoms with E-state index in [1.807, 2.05) is 67.3 Å². The molecule has 0 unspecified atom stereocenters. The number of carbonyl (C=O) groups is 1. The van der Waals surface area contributed by atoms with Crippen molar-refractivity contribution in [1.82, 2.24) is 9.21 Å². The van der Waals surface area contributed by atoms with Crippen LogP contribution in [0.15, 0.2) is 48.5 Å². The second-order valence-electron chi connectivity index (χ2n) is 8.87. The number of anilines is 1. The van der Waals surface area contributed by atoms with Crippen LogP contribution in [0, 0.1) is 17.2 Å². The number of nitrogens with zero attached hydrogens (tertiary/aromatic N) is 4. The van der Waals surface area contributed by atoms with Gasteiger partial charge in [0.05, 0.1) is 17.4 Å². The molecule has 0 atom stereocenters. The van der Waals surface area contributed by atoms with Gasteiger partial charge in [0, 0.05) is 51.9 Å². The monoisotopic (exact) mass is 468 g/mol. The van der Waals surface area contributed by atoms with Gasteiger partial charge in [-0.1, -0.05) is 50.2 Å². The molecule has 1 amide bonds. The van der Waals surface area contributed by atoms with Crippen molar-refractivity contribution in [1.29, 1.82) is 5.26 Å². The molecule has 0 radical (unpaired) electrons. The van der Waals surface area contributed by atoms with Gasteiger partial charge in [0.15, 0.2) is 0 Å². The molecule has 0 spiro atoms. The molecule has 1 saturated heterocycles. The second kappa shape index (κ2) is 10.8. The Bertz CT molecular complexity index is 1100. The van der Waals surface area contributed by atoms with E-state index < -0.39 is 10.0 Å². The van der Waals surface area contributed by atoms with E-state index in [4.69, 9.17) is 0 Å². The van der Waals surface area contributed by atoms with Crippen molar-refractivity contribution in [2.75, 3.05) is 37.6 Å². The normalized spacial score (nSPS) is 14.5. The standard InChI is InChI=1S/C25H32N4O3S/c1-20(2)17-29(33(31,32)19-22-7-5-4-6-8-22)18-23-9-10-25(15-24(23)16-26)28-13-11-27(12-14-28)21(3)30/h4-10,15,20H,11-14,17-19H2,1-3H3. The molecule has 176 valence electrons. The maximum absolute atomic E-state index is 13.2. The summed E-state index contributed by atoms with van der Waals surface area (Å²) in [6, 6.07) is 17.0. The summed E-state index contributed by atoms with van der Waals surface area (Å²) in [7, 11) is -3.56. The van der Waals surface area contributed by atoms with E-state index in [9.17, 15) is 18.5 Å². The highest BCUT2D eigenvalue weighted by Crippen LogP contribution is 2.24. The summed E-state index contributed by atoms with van der Waals surface area (Å²) >= 11 is 0. The third kappa shape index (κ3) is 6.56. The van der Waals surface area contributed by atoms with Crippen LogP contribution in [-0.2, 0) is 27.1 Å². The van der Waals surface area contributed by atoms with Crippen LogP contribution in [-0.4, -0.2) is 56.3 Å². The van der Waals surface area contributed by atoms with Crippen LogP contribution in [0.2, 0.25) is 0 Å². The zero-order valence-corrected chi connectivity index (χ0v) is 20.4. The molecule has 1 heterocycles. The number of benzene rings is 2. The molecule has 7 nitrogen and oxygen atoms in total. The Morgan fingerprint density at radius 1 is 1.09 bits per heavy atom. The lowest BCUT2D eigenvalue weighted by molar-refractivity contribution is -0.129. The van der Waals surface area contributed by atoms with E-state index >= 15 is 0 Å². The lowest BCUT2D eigenvalue weighted by Crippen LogP contribution is -2.48. The van der Waals surface area contributed by atoms with Gasteiger partial charge >= 0.3 is 0 Å². The van der Waals surface area contributed by atoms with Crippen molar-refractivity contribution in [2.45, 2.75) is 33.1 Å². The topological polar surface area (TPSA) is 84.7 Å². The summed E-state index contributed by atoms with van der Waals surface area (Å²) in [6.07, 6.45) is 0. The smallest absolute Gasteiger partial charge is 0.219 e. The molecule has 8 heteroatoms. The quantitative estimate of drug-likeness (QED) is 0.594. The minimum absolute atomic E-state index is 0.0685. The molecule has 1 aliphatic heterocycles. The minimum atomic E-state index is -3.56. The molecule has 0 aliphatic carbocycles. The first-order chi connectivity index (χ1) is 15.7. The Balaban J connectivity index is 1.80. The predicted octanol–water partition coefficient (Wildman–Crippen LogP) is 3.21. The lowest BCUT2D eigenvalue weighted by atomic mass is 10.1. The van der Waals surface area contributed by atoms with Crippen molar-refractivity contribution < 1.29 is 13.2 Å². The molecule has 2 aromatic carbocycles. The summed E-state index contributed by atoms with van der Waals surface area (Å²) in [5.41, 5.74) is 2.83. The largest absolute Gasteiger partial charge is 0.368 e. The molecule has 0 N–H and O–H groups in total. The summed E-state index contributed by atoms with van der Waals surface area (Å²) in [4.78, 5) is 15.5. The first kappa shape index (κ1) is 24.7. The molecule has 33 heavy (non-hydrogen) atoms. The summed E-state index contributed by atoms with van der Waals surface area (Å²) in [5.74, 6) is 0.156. The zero-order chi connectivity index (χ0) is 24.0. The number of rotatable bonds is 8. The molecule has 0 bridgehead atoms.